The van der Waals surface area contributed by atoms with Gasteiger partial charge in [-0.05, 0) is 37.1 Å². The zero-order valence-corrected chi connectivity index (χ0v) is 12.1. The second kappa shape index (κ2) is 6.30. The van der Waals surface area contributed by atoms with Crippen LogP contribution in [0, 0.1) is 5.82 Å². The first-order valence-electron chi connectivity index (χ1n) is 6.25. The Morgan fingerprint density at radius 2 is 2.37 bits per heavy atom. The van der Waals surface area contributed by atoms with Gasteiger partial charge in [-0.25, -0.2) is 4.39 Å². The van der Waals surface area contributed by atoms with Crippen LogP contribution in [-0.2, 0) is 4.79 Å². The molecule has 1 atom stereocenters. The van der Waals surface area contributed by atoms with Crippen LogP contribution in [0.2, 0.25) is 0 Å². The minimum absolute atomic E-state index is 0.104. The van der Waals surface area contributed by atoms with Gasteiger partial charge in [-0.3, -0.25) is 4.79 Å². The van der Waals surface area contributed by atoms with E-state index >= 15 is 0 Å². The lowest BCUT2D eigenvalue weighted by Crippen LogP contribution is -2.38. The molecule has 1 fully saturated rings. The number of carbonyl (C=O) groups excluding carboxylic acids is 1. The topological polar surface area (TPSA) is 46.3 Å². The number of hydrogen-bond donors (Lipinski definition) is 1. The number of benzene rings is 1. The number of nitrogens with zero attached hydrogens (tertiary/aromatic N) is 1. The largest absolute Gasteiger partial charge is 0.335 e. The van der Waals surface area contributed by atoms with Crippen LogP contribution < -0.4 is 5.73 Å². The number of rotatable bonds is 3. The van der Waals surface area contributed by atoms with E-state index in [0.717, 1.165) is 23.9 Å². The molecule has 0 saturated carbocycles. The minimum Gasteiger partial charge on any atom is -0.335 e. The lowest BCUT2D eigenvalue weighted by atomic mass is 10.2. The maximum absolute atomic E-state index is 13.5. The van der Waals surface area contributed by atoms with Gasteiger partial charge in [-0.2, -0.15) is 0 Å². The van der Waals surface area contributed by atoms with Crippen LogP contribution in [0.4, 0.5) is 4.39 Å². The van der Waals surface area contributed by atoms with Crippen molar-refractivity contribution in [2.24, 2.45) is 5.73 Å². The molecule has 1 aliphatic rings. The predicted octanol–water partition coefficient (Wildman–Crippen LogP) is 2.55. The van der Waals surface area contributed by atoms with Gasteiger partial charge >= 0.3 is 0 Å². The van der Waals surface area contributed by atoms with E-state index in [1.54, 1.807) is 17.0 Å². The van der Waals surface area contributed by atoms with Gasteiger partial charge in [0, 0.05) is 35.2 Å². The van der Waals surface area contributed by atoms with Crippen LogP contribution in [0.15, 0.2) is 28.7 Å². The molecule has 1 aromatic carbocycles. The maximum atomic E-state index is 13.5. The van der Waals surface area contributed by atoms with Crippen LogP contribution in [0.5, 0.6) is 0 Å². The summed E-state index contributed by atoms with van der Waals surface area (Å²) in [5, 5.41) is 0. The summed E-state index contributed by atoms with van der Waals surface area (Å²) in [6.07, 6.45) is 4.85. The first kappa shape index (κ1) is 14.2. The van der Waals surface area contributed by atoms with E-state index in [0.29, 0.717) is 12.1 Å². The molecule has 5 heteroatoms. The fourth-order valence-corrected chi connectivity index (χ4v) is 2.65. The Labute approximate surface area is 120 Å². The quantitative estimate of drug-likeness (QED) is 0.868. The molecule has 1 amide bonds. The molecule has 0 aromatic heterocycles. The predicted molar refractivity (Wildman–Crippen MR) is 76.9 cm³/mol. The lowest BCUT2D eigenvalue weighted by molar-refractivity contribution is -0.126. The third-order valence-electron chi connectivity index (χ3n) is 3.30. The van der Waals surface area contributed by atoms with E-state index in [2.05, 4.69) is 15.9 Å². The fourth-order valence-electron chi connectivity index (χ4n) is 2.27. The molecule has 2 rings (SSSR count). The normalized spacial score (nSPS) is 19.3. The Morgan fingerprint density at radius 3 is 3.11 bits per heavy atom. The zero-order valence-electron chi connectivity index (χ0n) is 10.5. The Hall–Kier alpha value is -1.20. The molecule has 0 aliphatic carbocycles. The van der Waals surface area contributed by atoms with Gasteiger partial charge in [0.15, 0.2) is 0 Å². The average Bonchev–Trinajstić information content (AvgIpc) is 2.88. The summed E-state index contributed by atoms with van der Waals surface area (Å²) in [7, 11) is 0. The molecule has 3 nitrogen and oxygen atoms in total. The summed E-state index contributed by atoms with van der Waals surface area (Å²) < 4.78 is 14.3. The fraction of sp³-hybridized carbons (Fsp3) is 0.357. The molecule has 2 N–H and O–H groups in total. The highest BCUT2D eigenvalue weighted by Crippen LogP contribution is 2.19. The lowest BCUT2D eigenvalue weighted by Gasteiger charge is -2.21. The first-order valence-corrected chi connectivity index (χ1v) is 7.05. The molecule has 102 valence electrons. The molecule has 1 saturated heterocycles. The SMILES string of the molecule is NCC1CCCN1C(=O)/C=C/c1cc(Br)ccc1F. The van der Waals surface area contributed by atoms with Gasteiger partial charge in [0.1, 0.15) is 5.82 Å². The molecule has 1 aliphatic heterocycles. The van der Waals surface area contributed by atoms with Crippen molar-refractivity contribution in [2.75, 3.05) is 13.1 Å². The Morgan fingerprint density at radius 1 is 1.58 bits per heavy atom. The summed E-state index contributed by atoms with van der Waals surface area (Å²) in [5.74, 6) is -0.448. The second-order valence-electron chi connectivity index (χ2n) is 4.56. The van der Waals surface area contributed by atoms with Crippen molar-refractivity contribution in [3.8, 4) is 0 Å². The highest BCUT2D eigenvalue weighted by Gasteiger charge is 2.25. The molecular weight excluding hydrogens is 311 g/mol. The summed E-state index contributed by atoms with van der Waals surface area (Å²) >= 11 is 3.28. The van der Waals surface area contributed by atoms with Gasteiger partial charge in [0.2, 0.25) is 5.91 Å². The van der Waals surface area contributed by atoms with Crippen molar-refractivity contribution in [1.82, 2.24) is 4.90 Å². The summed E-state index contributed by atoms with van der Waals surface area (Å²) in [4.78, 5) is 13.8. The highest BCUT2D eigenvalue weighted by molar-refractivity contribution is 9.10. The molecule has 1 heterocycles. The van der Waals surface area contributed by atoms with Crippen molar-refractivity contribution in [3.63, 3.8) is 0 Å². The first-order chi connectivity index (χ1) is 9.11. The number of hydrogen-bond acceptors (Lipinski definition) is 2. The van der Waals surface area contributed by atoms with Gasteiger partial charge < -0.3 is 10.6 Å². The van der Waals surface area contributed by atoms with Gasteiger partial charge in [-0.15, -0.1) is 0 Å². The molecule has 0 bridgehead atoms. The maximum Gasteiger partial charge on any atom is 0.246 e. The van der Waals surface area contributed by atoms with E-state index in [9.17, 15) is 9.18 Å². The van der Waals surface area contributed by atoms with E-state index in [4.69, 9.17) is 5.73 Å². The summed E-state index contributed by atoms with van der Waals surface area (Å²) in [5.41, 5.74) is 6.02. The number of likely N-dealkylation sites (tertiary alicyclic amines) is 1. The third kappa shape index (κ3) is 3.42. The van der Waals surface area contributed by atoms with Crippen molar-refractivity contribution in [1.29, 1.82) is 0 Å². The highest BCUT2D eigenvalue weighted by atomic mass is 79.9. The standard InChI is InChI=1S/C14H16BrFN2O/c15-11-4-5-13(16)10(8-11)3-6-14(19)18-7-1-2-12(18)9-17/h3-6,8,12H,1-2,7,9,17H2/b6-3+. The Balaban J connectivity index is 2.09. The second-order valence-corrected chi connectivity index (χ2v) is 5.48. The summed E-state index contributed by atoms with van der Waals surface area (Å²) in [6.45, 7) is 1.21. The van der Waals surface area contributed by atoms with Gasteiger partial charge in [0.05, 0.1) is 0 Å². The number of amides is 1. The minimum atomic E-state index is -0.343. The molecule has 0 radical (unpaired) electrons. The van der Waals surface area contributed by atoms with Crippen LogP contribution in [0.3, 0.4) is 0 Å². The van der Waals surface area contributed by atoms with Crippen molar-refractivity contribution in [3.05, 3.63) is 40.1 Å². The van der Waals surface area contributed by atoms with E-state index < -0.39 is 0 Å². The van der Waals surface area contributed by atoms with Crippen molar-refractivity contribution in [2.45, 2.75) is 18.9 Å². The van der Waals surface area contributed by atoms with E-state index in [1.807, 2.05) is 0 Å². The van der Waals surface area contributed by atoms with E-state index in [-0.39, 0.29) is 17.8 Å². The summed E-state index contributed by atoms with van der Waals surface area (Å²) in [6, 6.07) is 4.75. The zero-order chi connectivity index (χ0) is 13.8. The van der Waals surface area contributed by atoms with Crippen molar-refractivity contribution >= 4 is 27.9 Å². The van der Waals surface area contributed by atoms with Crippen LogP contribution in [0.1, 0.15) is 18.4 Å². The third-order valence-corrected chi connectivity index (χ3v) is 3.79. The number of carbonyl (C=O) groups is 1. The molecular formula is C14H16BrFN2O. The molecule has 1 aromatic rings. The number of halogens is 2. The average molecular weight is 327 g/mol. The van der Waals surface area contributed by atoms with E-state index in [1.165, 1.54) is 18.2 Å². The van der Waals surface area contributed by atoms with Gasteiger partial charge in [0.25, 0.3) is 0 Å². The van der Waals surface area contributed by atoms with Crippen molar-refractivity contribution < 1.29 is 9.18 Å². The Bertz CT molecular complexity index is 504. The molecule has 1 unspecified atom stereocenters. The monoisotopic (exact) mass is 326 g/mol. The van der Waals surface area contributed by atoms with Crippen LogP contribution in [0.25, 0.3) is 6.08 Å². The molecule has 0 spiro atoms. The van der Waals surface area contributed by atoms with Crippen LogP contribution in [-0.4, -0.2) is 29.9 Å². The van der Waals surface area contributed by atoms with Crippen LogP contribution >= 0.6 is 15.9 Å². The number of nitrogens with two attached hydrogens (primary N) is 1. The van der Waals surface area contributed by atoms with Gasteiger partial charge in [-0.1, -0.05) is 15.9 Å². The molecule has 19 heavy (non-hydrogen) atoms. The smallest absolute Gasteiger partial charge is 0.246 e. The Kier molecular flexibility index (Phi) is 4.71.